The SMILES string of the molecule is CC1CC(S(F)(F)(F)(F)F)=CC=C1N. The highest BCUT2D eigenvalue weighted by Crippen LogP contribution is 3.02. The lowest BCUT2D eigenvalue weighted by molar-refractivity contribution is 0.372. The number of allylic oxidation sites excluding steroid dienone is 4. The van der Waals surface area contributed by atoms with Gasteiger partial charge in [0.05, 0.1) is 4.91 Å². The van der Waals surface area contributed by atoms with Crippen LogP contribution in [0.1, 0.15) is 13.3 Å². The van der Waals surface area contributed by atoms with E-state index in [1.54, 1.807) is 0 Å². The minimum absolute atomic E-state index is 0.190. The third-order valence-corrected chi connectivity index (χ3v) is 3.33. The van der Waals surface area contributed by atoms with E-state index in [4.69, 9.17) is 5.73 Å². The average Bonchev–Trinajstić information content (AvgIpc) is 1.89. The lowest BCUT2D eigenvalue weighted by atomic mass is 10.00. The van der Waals surface area contributed by atoms with Gasteiger partial charge >= 0.3 is 10.2 Å². The quantitative estimate of drug-likeness (QED) is 0.681. The molecule has 14 heavy (non-hydrogen) atoms. The molecule has 0 fully saturated rings. The van der Waals surface area contributed by atoms with Gasteiger partial charge in [-0.05, 0) is 18.6 Å². The van der Waals surface area contributed by atoms with Gasteiger partial charge in [-0.1, -0.05) is 26.4 Å². The normalized spacial score (nSPS) is 28.6. The summed E-state index contributed by atoms with van der Waals surface area (Å²) in [6.45, 7) is 1.38. The minimum Gasteiger partial charge on any atom is -0.402 e. The Morgan fingerprint density at radius 1 is 1.21 bits per heavy atom. The maximum absolute atomic E-state index is 12.3. The molecule has 1 aliphatic rings. The number of hydrogen-bond acceptors (Lipinski definition) is 1. The summed E-state index contributed by atoms with van der Waals surface area (Å²) in [6, 6.07) is 0. The van der Waals surface area contributed by atoms with Gasteiger partial charge in [0.25, 0.3) is 0 Å². The third-order valence-electron chi connectivity index (χ3n) is 2.03. The summed E-state index contributed by atoms with van der Waals surface area (Å²) in [4.78, 5) is -1.74. The lowest BCUT2D eigenvalue weighted by Crippen LogP contribution is -2.18. The minimum atomic E-state index is -9.47. The van der Waals surface area contributed by atoms with Gasteiger partial charge in [0.1, 0.15) is 0 Å². The van der Waals surface area contributed by atoms with Crippen LogP contribution in [0.5, 0.6) is 0 Å². The van der Waals surface area contributed by atoms with E-state index in [9.17, 15) is 19.4 Å². The van der Waals surface area contributed by atoms with Crippen LogP contribution in [-0.4, -0.2) is 0 Å². The van der Waals surface area contributed by atoms with Crippen LogP contribution in [0.2, 0.25) is 0 Å². The Kier molecular flexibility index (Phi) is 1.84. The molecular weight excluding hydrogens is 225 g/mol. The molecule has 0 aromatic rings. The highest BCUT2D eigenvalue weighted by Gasteiger charge is 2.66. The van der Waals surface area contributed by atoms with Crippen LogP contribution in [-0.2, 0) is 0 Å². The molecule has 0 spiro atoms. The third kappa shape index (κ3) is 2.40. The van der Waals surface area contributed by atoms with E-state index in [0.29, 0.717) is 6.08 Å². The molecule has 0 saturated heterocycles. The molecular formula is C7H10F5NS. The first-order chi connectivity index (χ1) is 5.90. The summed E-state index contributed by atoms with van der Waals surface area (Å²) >= 11 is 0. The van der Waals surface area contributed by atoms with E-state index in [1.807, 2.05) is 0 Å². The number of nitrogens with two attached hydrogens (primary N) is 1. The van der Waals surface area contributed by atoms with Crippen molar-refractivity contribution in [1.29, 1.82) is 0 Å². The summed E-state index contributed by atoms with van der Waals surface area (Å²) in [5.74, 6) is -0.696. The van der Waals surface area contributed by atoms with Crippen molar-refractivity contribution < 1.29 is 19.4 Å². The zero-order chi connectivity index (χ0) is 11.3. The van der Waals surface area contributed by atoms with Crippen molar-refractivity contribution in [3.05, 3.63) is 22.8 Å². The molecule has 84 valence electrons. The first-order valence-corrected chi connectivity index (χ1v) is 5.75. The smallest absolute Gasteiger partial charge is 0.307 e. The van der Waals surface area contributed by atoms with Crippen LogP contribution in [0.3, 0.4) is 0 Å². The van der Waals surface area contributed by atoms with Crippen molar-refractivity contribution >= 4 is 10.2 Å². The van der Waals surface area contributed by atoms with Crippen molar-refractivity contribution in [2.75, 3.05) is 0 Å². The van der Waals surface area contributed by atoms with Gasteiger partial charge in [0.2, 0.25) is 0 Å². The van der Waals surface area contributed by atoms with Crippen LogP contribution in [0.15, 0.2) is 22.8 Å². The maximum Gasteiger partial charge on any atom is 0.307 e. The first-order valence-electron chi connectivity index (χ1n) is 3.80. The van der Waals surface area contributed by atoms with Crippen molar-refractivity contribution in [1.82, 2.24) is 0 Å². The van der Waals surface area contributed by atoms with Crippen LogP contribution in [0, 0.1) is 5.92 Å². The fraction of sp³-hybridized carbons (Fsp3) is 0.429. The van der Waals surface area contributed by atoms with Crippen molar-refractivity contribution in [2.45, 2.75) is 13.3 Å². The summed E-state index contributed by atoms with van der Waals surface area (Å²) < 4.78 is 61.3. The van der Waals surface area contributed by atoms with Crippen molar-refractivity contribution in [3.63, 3.8) is 0 Å². The standard InChI is InChI=1S/C7H10F5NS/c1-5-4-6(2-3-7(5)13)14(8,9,10,11)12/h2-3,5H,4,13H2,1H3. The van der Waals surface area contributed by atoms with Crippen LogP contribution in [0.4, 0.5) is 19.4 Å². The Bertz CT molecular complexity index is 324. The van der Waals surface area contributed by atoms with E-state index in [2.05, 4.69) is 0 Å². The molecule has 0 aliphatic heterocycles. The molecule has 2 N–H and O–H groups in total. The van der Waals surface area contributed by atoms with E-state index in [-0.39, 0.29) is 5.70 Å². The zero-order valence-electron chi connectivity index (χ0n) is 7.31. The second kappa shape index (κ2) is 2.26. The Labute approximate surface area is 78.2 Å². The molecule has 0 aromatic heterocycles. The summed E-state index contributed by atoms with van der Waals surface area (Å²) in [6.07, 6.45) is 0.513. The predicted octanol–water partition coefficient (Wildman–Crippen LogP) is 4.05. The molecule has 1 aliphatic carbocycles. The molecule has 1 atom stereocenters. The number of halogens is 5. The van der Waals surface area contributed by atoms with Crippen LogP contribution < -0.4 is 5.73 Å². The highest BCUT2D eigenvalue weighted by molar-refractivity contribution is 8.48. The van der Waals surface area contributed by atoms with Crippen molar-refractivity contribution in [2.24, 2.45) is 11.7 Å². The maximum atomic E-state index is 12.3. The summed E-state index contributed by atoms with van der Waals surface area (Å²) in [5.41, 5.74) is 5.48. The van der Waals surface area contributed by atoms with Gasteiger partial charge < -0.3 is 5.73 Å². The molecule has 0 saturated carbocycles. The molecule has 0 bridgehead atoms. The second-order valence-corrected chi connectivity index (χ2v) is 5.84. The van der Waals surface area contributed by atoms with Gasteiger partial charge in [-0.25, -0.2) is 0 Å². The van der Waals surface area contributed by atoms with E-state index >= 15 is 0 Å². The number of rotatable bonds is 1. The fourth-order valence-electron chi connectivity index (χ4n) is 1.13. The molecule has 0 radical (unpaired) electrons. The molecule has 0 aromatic carbocycles. The Morgan fingerprint density at radius 2 is 1.71 bits per heavy atom. The zero-order valence-corrected chi connectivity index (χ0v) is 8.13. The Hall–Kier alpha value is -0.720. The topological polar surface area (TPSA) is 26.0 Å². The monoisotopic (exact) mass is 235 g/mol. The van der Waals surface area contributed by atoms with Gasteiger partial charge in [0.15, 0.2) is 0 Å². The molecule has 0 heterocycles. The van der Waals surface area contributed by atoms with Gasteiger partial charge in [-0.2, -0.15) is 0 Å². The Morgan fingerprint density at radius 3 is 2.07 bits per heavy atom. The summed E-state index contributed by atoms with van der Waals surface area (Å²) in [5, 5.41) is 0. The van der Waals surface area contributed by atoms with Crippen LogP contribution in [0.25, 0.3) is 0 Å². The molecule has 7 heteroatoms. The predicted molar refractivity (Wildman–Crippen MR) is 47.3 cm³/mol. The van der Waals surface area contributed by atoms with E-state index < -0.39 is 27.5 Å². The second-order valence-electron chi connectivity index (χ2n) is 3.37. The van der Waals surface area contributed by atoms with Crippen LogP contribution >= 0.6 is 10.2 Å². The van der Waals surface area contributed by atoms with E-state index in [1.165, 1.54) is 6.92 Å². The van der Waals surface area contributed by atoms with Crippen molar-refractivity contribution in [3.8, 4) is 0 Å². The molecule has 1 nitrogen and oxygen atoms in total. The molecule has 0 amide bonds. The Balaban J connectivity index is 3.18. The first kappa shape index (κ1) is 11.4. The summed E-state index contributed by atoms with van der Waals surface area (Å²) in [7, 11) is -9.47. The fourth-order valence-corrected chi connectivity index (χ4v) is 2.02. The number of hydrogen-bond donors (Lipinski definition) is 1. The average molecular weight is 235 g/mol. The highest BCUT2D eigenvalue weighted by atomic mass is 32.5. The van der Waals surface area contributed by atoms with E-state index in [0.717, 1.165) is 6.08 Å². The lowest BCUT2D eigenvalue weighted by Gasteiger charge is -2.44. The largest absolute Gasteiger partial charge is 0.402 e. The van der Waals surface area contributed by atoms with Gasteiger partial charge in [0, 0.05) is 11.6 Å². The molecule has 1 rings (SSSR count). The van der Waals surface area contributed by atoms with Gasteiger partial charge in [-0.15, -0.1) is 0 Å². The van der Waals surface area contributed by atoms with Gasteiger partial charge in [-0.3, -0.25) is 0 Å². The molecule has 1 unspecified atom stereocenters.